The van der Waals surface area contributed by atoms with E-state index in [1.54, 1.807) is 47.4 Å². The van der Waals surface area contributed by atoms with Gasteiger partial charge in [-0.2, -0.15) is 0 Å². The fourth-order valence-electron chi connectivity index (χ4n) is 3.01. The van der Waals surface area contributed by atoms with Crippen LogP contribution in [0.15, 0.2) is 42.5 Å². The summed E-state index contributed by atoms with van der Waals surface area (Å²) in [6.07, 6.45) is 0.393. The van der Waals surface area contributed by atoms with Crippen LogP contribution in [0.3, 0.4) is 0 Å². The summed E-state index contributed by atoms with van der Waals surface area (Å²) in [5, 5.41) is 1.24. The van der Waals surface area contributed by atoms with Crippen LogP contribution >= 0.6 is 34.8 Å². The molecule has 4 nitrogen and oxygen atoms in total. The summed E-state index contributed by atoms with van der Waals surface area (Å²) in [4.78, 5) is 14.7. The summed E-state index contributed by atoms with van der Waals surface area (Å²) in [7, 11) is -3.16. The van der Waals surface area contributed by atoms with Gasteiger partial charge in [0.1, 0.15) is 0 Å². The van der Waals surface area contributed by atoms with Gasteiger partial charge in [-0.15, -0.1) is 0 Å². The lowest BCUT2D eigenvalue weighted by molar-refractivity contribution is 0.0681. The minimum atomic E-state index is -3.16. The fourth-order valence-corrected chi connectivity index (χ4v) is 5.43. The summed E-state index contributed by atoms with van der Waals surface area (Å²) in [6, 6.07) is 11.3. The minimum absolute atomic E-state index is 0.0611. The Bertz CT molecular complexity index is 946. The van der Waals surface area contributed by atoms with E-state index >= 15 is 0 Å². The van der Waals surface area contributed by atoms with Crippen molar-refractivity contribution in [2.75, 3.05) is 11.5 Å². The van der Waals surface area contributed by atoms with Crippen molar-refractivity contribution in [3.8, 4) is 0 Å². The van der Waals surface area contributed by atoms with Crippen LogP contribution in [0.4, 0.5) is 0 Å². The molecule has 3 rings (SSSR count). The molecule has 2 aromatic carbocycles. The number of sulfone groups is 1. The molecule has 1 aliphatic rings. The molecule has 0 aliphatic carbocycles. The molecular formula is C18H16Cl3NO3S. The molecule has 0 spiro atoms. The third kappa shape index (κ3) is 4.34. The zero-order chi connectivity index (χ0) is 18.9. The highest BCUT2D eigenvalue weighted by molar-refractivity contribution is 7.91. The maximum Gasteiger partial charge on any atom is 0.255 e. The Morgan fingerprint density at radius 3 is 2.42 bits per heavy atom. The molecule has 0 N–H and O–H groups in total. The van der Waals surface area contributed by atoms with E-state index in [9.17, 15) is 13.2 Å². The molecule has 0 radical (unpaired) electrons. The Morgan fingerprint density at radius 1 is 1.08 bits per heavy atom. The summed E-state index contributed by atoms with van der Waals surface area (Å²) >= 11 is 18.4. The Kier molecular flexibility index (Phi) is 5.82. The molecule has 0 saturated carbocycles. The smallest absolute Gasteiger partial charge is 0.255 e. The van der Waals surface area contributed by atoms with E-state index in [1.165, 1.54) is 0 Å². The van der Waals surface area contributed by atoms with Crippen LogP contribution < -0.4 is 0 Å². The molecule has 1 atom stereocenters. The lowest BCUT2D eigenvalue weighted by Gasteiger charge is -2.29. The topological polar surface area (TPSA) is 54.5 Å². The predicted octanol–water partition coefficient (Wildman–Crippen LogP) is 4.48. The first-order valence-electron chi connectivity index (χ1n) is 7.97. The molecule has 0 unspecified atom stereocenters. The lowest BCUT2D eigenvalue weighted by Crippen LogP contribution is -2.40. The molecule has 1 fully saturated rings. The first-order valence-corrected chi connectivity index (χ1v) is 10.9. The van der Waals surface area contributed by atoms with E-state index in [-0.39, 0.29) is 24.0 Å². The van der Waals surface area contributed by atoms with Crippen molar-refractivity contribution in [2.24, 2.45) is 0 Å². The van der Waals surface area contributed by atoms with Crippen LogP contribution in [0.2, 0.25) is 15.1 Å². The SMILES string of the molecule is O=C(c1ccccc1Cl)N(Cc1ccc(Cl)cc1Cl)[C@@H]1CCS(=O)(=O)C1. The van der Waals surface area contributed by atoms with E-state index in [4.69, 9.17) is 34.8 Å². The van der Waals surface area contributed by atoms with Crippen molar-refractivity contribution in [3.63, 3.8) is 0 Å². The lowest BCUT2D eigenvalue weighted by atomic mass is 10.1. The maximum atomic E-state index is 13.1. The quantitative estimate of drug-likeness (QED) is 0.716. The molecule has 26 heavy (non-hydrogen) atoms. The number of carbonyl (C=O) groups is 1. The molecule has 1 heterocycles. The average Bonchev–Trinajstić information content (AvgIpc) is 2.94. The molecule has 138 valence electrons. The zero-order valence-electron chi connectivity index (χ0n) is 13.7. The Labute approximate surface area is 167 Å². The van der Waals surface area contributed by atoms with Crippen molar-refractivity contribution < 1.29 is 13.2 Å². The molecule has 0 bridgehead atoms. The molecule has 0 aromatic heterocycles. The molecular weight excluding hydrogens is 417 g/mol. The Balaban J connectivity index is 1.96. The molecule has 1 amide bonds. The van der Waals surface area contributed by atoms with E-state index in [1.807, 2.05) is 0 Å². The maximum absolute atomic E-state index is 13.1. The van der Waals surface area contributed by atoms with Gasteiger partial charge in [0.05, 0.1) is 22.1 Å². The van der Waals surface area contributed by atoms with Crippen LogP contribution in [0.5, 0.6) is 0 Å². The zero-order valence-corrected chi connectivity index (χ0v) is 16.7. The largest absolute Gasteiger partial charge is 0.330 e. The molecule has 1 aliphatic heterocycles. The van der Waals surface area contributed by atoms with Crippen molar-refractivity contribution in [2.45, 2.75) is 19.0 Å². The number of nitrogens with zero attached hydrogens (tertiary/aromatic N) is 1. The highest BCUT2D eigenvalue weighted by atomic mass is 35.5. The second-order valence-electron chi connectivity index (χ2n) is 6.21. The fraction of sp³-hybridized carbons (Fsp3) is 0.278. The second kappa shape index (κ2) is 7.77. The number of hydrogen-bond donors (Lipinski definition) is 0. The third-order valence-electron chi connectivity index (χ3n) is 4.37. The van der Waals surface area contributed by atoms with Crippen molar-refractivity contribution in [1.29, 1.82) is 0 Å². The monoisotopic (exact) mass is 431 g/mol. The van der Waals surface area contributed by atoms with Crippen molar-refractivity contribution in [1.82, 2.24) is 4.90 Å². The predicted molar refractivity (Wildman–Crippen MR) is 105 cm³/mol. The van der Waals surface area contributed by atoms with Gasteiger partial charge in [0.2, 0.25) is 0 Å². The van der Waals surface area contributed by atoms with Gasteiger partial charge in [0.15, 0.2) is 9.84 Å². The summed E-state index contributed by atoms with van der Waals surface area (Å²) in [6.45, 7) is 0.181. The van der Waals surface area contributed by atoms with Gasteiger partial charge < -0.3 is 4.90 Å². The van der Waals surface area contributed by atoms with E-state index in [2.05, 4.69) is 0 Å². The van der Waals surface area contributed by atoms with Crippen molar-refractivity contribution in [3.05, 3.63) is 68.7 Å². The first kappa shape index (κ1) is 19.5. The number of amides is 1. The van der Waals surface area contributed by atoms with Gasteiger partial charge in [0.25, 0.3) is 5.91 Å². The van der Waals surface area contributed by atoms with E-state index in [0.717, 1.165) is 0 Å². The minimum Gasteiger partial charge on any atom is -0.330 e. The number of carbonyl (C=O) groups excluding carboxylic acids is 1. The van der Waals surface area contributed by atoms with Gasteiger partial charge in [-0.1, -0.05) is 53.0 Å². The van der Waals surface area contributed by atoms with Gasteiger partial charge >= 0.3 is 0 Å². The van der Waals surface area contributed by atoms with E-state index < -0.39 is 15.9 Å². The number of rotatable bonds is 4. The molecule has 2 aromatic rings. The Morgan fingerprint density at radius 2 is 1.81 bits per heavy atom. The van der Waals surface area contributed by atoms with Crippen LogP contribution in [0.25, 0.3) is 0 Å². The van der Waals surface area contributed by atoms with Gasteiger partial charge in [-0.05, 0) is 36.2 Å². The summed E-state index contributed by atoms with van der Waals surface area (Å²) in [5.74, 6) is -0.309. The number of hydrogen-bond acceptors (Lipinski definition) is 3. The van der Waals surface area contributed by atoms with Crippen LogP contribution in [0.1, 0.15) is 22.3 Å². The van der Waals surface area contributed by atoms with Gasteiger partial charge in [0, 0.05) is 22.6 Å². The first-order chi connectivity index (χ1) is 12.3. The van der Waals surface area contributed by atoms with Gasteiger partial charge in [-0.3, -0.25) is 4.79 Å². The number of halogens is 3. The van der Waals surface area contributed by atoms with Gasteiger partial charge in [-0.25, -0.2) is 8.42 Å². The van der Waals surface area contributed by atoms with Crippen molar-refractivity contribution >= 4 is 50.5 Å². The standard InChI is InChI=1S/C18H16Cl3NO3S/c19-13-6-5-12(17(21)9-13)10-22(14-7-8-26(24,25)11-14)18(23)15-3-1-2-4-16(15)20/h1-6,9,14H,7-8,10-11H2/t14-/m1/s1. The Hall–Kier alpha value is -1.27. The van der Waals surface area contributed by atoms with Crippen LogP contribution in [0, 0.1) is 0 Å². The van der Waals surface area contributed by atoms with Crippen LogP contribution in [-0.4, -0.2) is 36.8 Å². The highest BCUT2D eigenvalue weighted by Crippen LogP contribution is 2.28. The molecule has 8 heteroatoms. The number of benzene rings is 2. The normalized spacial score (nSPS) is 18.7. The summed E-state index contributed by atoms with van der Waals surface area (Å²) < 4.78 is 23.9. The van der Waals surface area contributed by atoms with E-state index in [0.29, 0.717) is 32.6 Å². The summed E-state index contributed by atoms with van der Waals surface area (Å²) in [5.41, 5.74) is 1.03. The highest BCUT2D eigenvalue weighted by Gasteiger charge is 2.35. The third-order valence-corrected chi connectivity index (χ3v) is 7.04. The molecule has 1 saturated heterocycles. The second-order valence-corrected chi connectivity index (χ2v) is 9.69. The van der Waals surface area contributed by atoms with Crippen LogP contribution in [-0.2, 0) is 16.4 Å². The average molecular weight is 433 g/mol.